The first kappa shape index (κ1) is 8.23. The van der Waals surface area contributed by atoms with Gasteiger partial charge in [0.25, 0.3) is 5.24 Å². The average Bonchev–Trinajstić information content (AvgIpc) is 2.37. The van der Waals surface area contributed by atoms with Gasteiger partial charge in [-0.2, -0.15) is 0 Å². The lowest BCUT2D eigenvalue weighted by molar-refractivity contribution is 0.104. The Labute approximate surface area is 68.1 Å². The Bertz CT molecular complexity index is 258. The van der Waals surface area contributed by atoms with Gasteiger partial charge in [0.1, 0.15) is 5.69 Å². The van der Waals surface area contributed by atoms with Crippen LogP contribution in [0.2, 0.25) is 0 Å². The molecule has 0 radical (unpaired) electrons. The Kier molecular flexibility index (Phi) is 2.62. The number of hydrogen-bond acceptors (Lipinski definition) is 4. The quantitative estimate of drug-likeness (QED) is 0.648. The van der Waals surface area contributed by atoms with E-state index in [4.69, 9.17) is 16.3 Å². The summed E-state index contributed by atoms with van der Waals surface area (Å²) in [5.41, 5.74) is 0.552. The highest BCUT2D eigenvalue weighted by Crippen LogP contribution is 2.06. The molecule has 1 heterocycles. The number of nitrogens with zero attached hydrogens (tertiary/aromatic N) is 1. The fourth-order valence-electron chi connectivity index (χ4n) is 0.620. The van der Waals surface area contributed by atoms with Gasteiger partial charge < -0.3 is 9.26 Å². The average molecular weight is 176 g/mol. The van der Waals surface area contributed by atoms with Crippen molar-refractivity contribution in [3.63, 3.8) is 0 Å². The zero-order valence-electron chi connectivity index (χ0n) is 5.83. The number of halogens is 1. The van der Waals surface area contributed by atoms with E-state index in [0.29, 0.717) is 12.3 Å². The predicted molar refractivity (Wildman–Crippen MR) is 37.4 cm³/mol. The van der Waals surface area contributed by atoms with Crippen LogP contribution < -0.4 is 0 Å². The van der Waals surface area contributed by atoms with E-state index < -0.39 is 5.24 Å². The zero-order chi connectivity index (χ0) is 8.27. The highest BCUT2D eigenvalue weighted by molar-refractivity contribution is 6.67. The molecule has 60 valence electrons. The van der Waals surface area contributed by atoms with Crippen molar-refractivity contribution >= 4 is 16.8 Å². The summed E-state index contributed by atoms with van der Waals surface area (Å²) < 4.78 is 9.31. The first-order chi connectivity index (χ1) is 5.24. The number of carbonyl (C=O) groups is 1. The summed E-state index contributed by atoms with van der Waals surface area (Å²) in [5.74, 6) is 0.0405. The summed E-state index contributed by atoms with van der Waals surface area (Å²) in [6.45, 7) is 0.313. The Morgan fingerprint density at radius 1 is 1.91 bits per heavy atom. The highest BCUT2D eigenvalue weighted by Gasteiger charge is 2.08. The fraction of sp³-hybridized carbons (Fsp3) is 0.333. The molecule has 0 unspecified atom stereocenters. The summed E-state index contributed by atoms with van der Waals surface area (Å²) in [4.78, 5) is 10.5. The van der Waals surface area contributed by atoms with Gasteiger partial charge in [0, 0.05) is 13.2 Å². The van der Waals surface area contributed by atoms with Crippen LogP contribution in [-0.4, -0.2) is 17.5 Å². The van der Waals surface area contributed by atoms with Gasteiger partial charge in [0.15, 0.2) is 0 Å². The topological polar surface area (TPSA) is 52.3 Å². The maximum Gasteiger partial charge on any atom is 0.290 e. The molecular weight excluding hydrogens is 170 g/mol. The fourth-order valence-corrected chi connectivity index (χ4v) is 0.709. The Morgan fingerprint density at radius 2 is 2.64 bits per heavy atom. The van der Waals surface area contributed by atoms with Crippen LogP contribution in [0.1, 0.15) is 16.2 Å². The second-order valence-electron chi connectivity index (χ2n) is 1.89. The van der Waals surface area contributed by atoms with Gasteiger partial charge in [-0.3, -0.25) is 4.79 Å². The third-order valence-corrected chi connectivity index (χ3v) is 1.23. The lowest BCUT2D eigenvalue weighted by atomic mass is 10.4. The molecule has 0 aliphatic heterocycles. The first-order valence-corrected chi connectivity index (χ1v) is 3.26. The van der Waals surface area contributed by atoms with E-state index in [1.165, 1.54) is 13.2 Å². The van der Waals surface area contributed by atoms with Crippen LogP contribution in [0.25, 0.3) is 0 Å². The number of hydrogen-bond donors (Lipinski definition) is 0. The van der Waals surface area contributed by atoms with Gasteiger partial charge in [-0.25, -0.2) is 0 Å². The van der Waals surface area contributed by atoms with Crippen molar-refractivity contribution in [2.45, 2.75) is 6.61 Å². The van der Waals surface area contributed by atoms with E-state index in [9.17, 15) is 4.79 Å². The number of methoxy groups -OCH3 is 1. The van der Waals surface area contributed by atoms with Gasteiger partial charge in [-0.05, 0) is 11.6 Å². The third kappa shape index (κ3) is 2.03. The molecule has 4 nitrogen and oxygen atoms in total. The summed E-state index contributed by atoms with van der Waals surface area (Å²) >= 11 is 5.10. The molecule has 1 rings (SSSR count). The van der Waals surface area contributed by atoms with Crippen molar-refractivity contribution in [2.75, 3.05) is 7.11 Å². The molecule has 0 N–H and O–H groups in total. The van der Waals surface area contributed by atoms with Crippen molar-refractivity contribution < 1.29 is 14.1 Å². The third-order valence-electron chi connectivity index (χ3n) is 1.04. The second kappa shape index (κ2) is 3.50. The number of carbonyl (C=O) groups excluding carboxylic acids is 1. The molecule has 0 saturated carbocycles. The van der Waals surface area contributed by atoms with Crippen LogP contribution in [0, 0.1) is 0 Å². The molecule has 0 atom stereocenters. The number of aromatic nitrogens is 1. The molecule has 0 bridgehead atoms. The molecule has 1 aromatic heterocycles. The van der Waals surface area contributed by atoms with Crippen LogP contribution in [0.3, 0.4) is 0 Å². The molecule has 0 aliphatic carbocycles. The van der Waals surface area contributed by atoms with Crippen molar-refractivity contribution in [1.82, 2.24) is 5.16 Å². The second-order valence-corrected chi connectivity index (χ2v) is 2.23. The largest absolute Gasteiger partial charge is 0.378 e. The summed E-state index contributed by atoms with van der Waals surface area (Å²) in [6.07, 6.45) is 0. The molecule has 0 fully saturated rings. The van der Waals surface area contributed by atoms with E-state index in [2.05, 4.69) is 9.68 Å². The minimum absolute atomic E-state index is 0.0405. The van der Waals surface area contributed by atoms with E-state index in [0.717, 1.165) is 0 Å². The molecule has 1 aromatic rings. The highest BCUT2D eigenvalue weighted by atomic mass is 35.5. The molecule has 0 saturated heterocycles. The van der Waals surface area contributed by atoms with E-state index in [1.54, 1.807) is 0 Å². The maximum atomic E-state index is 10.5. The lowest BCUT2D eigenvalue weighted by Gasteiger charge is -1.86. The molecule has 0 aliphatic rings. The van der Waals surface area contributed by atoms with Crippen molar-refractivity contribution in [3.05, 3.63) is 17.5 Å². The zero-order valence-corrected chi connectivity index (χ0v) is 6.59. The number of rotatable bonds is 3. The SMILES string of the molecule is COCc1cc(C(=O)Cl)on1. The van der Waals surface area contributed by atoms with Crippen molar-refractivity contribution in [3.8, 4) is 0 Å². The maximum absolute atomic E-state index is 10.5. The molecule has 5 heteroatoms. The van der Waals surface area contributed by atoms with Gasteiger partial charge in [0.2, 0.25) is 5.76 Å². The summed E-state index contributed by atoms with van der Waals surface area (Å²) in [7, 11) is 1.52. The predicted octanol–water partition coefficient (Wildman–Crippen LogP) is 1.20. The van der Waals surface area contributed by atoms with Crippen LogP contribution in [0.5, 0.6) is 0 Å². The van der Waals surface area contributed by atoms with E-state index >= 15 is 0 Å². The molecular formula is C6H6ClNO3. The van der Waals surface area contributed by atoms with Gasteiger partial charge in [-0.15, -0.1) is 0 Å². The van der Waals surface area contributed by atoms with Gasteiger partial charge in [-0.1, -0.05) is 5.16 Å². The normalized spacial score (nSPS) is 10.0. The molecule has 11 heavy (non-hydrogen) atoms. The van der Waals surface area contributed by atoms with Crippen molar-refractivity contribution in [2.24, 2.45) is 0 Å². The van der Waals surface area contributed by atoms with E-state index in [-0.39, 0.29) is 5.76 Å². The lowest BCUT2D eigenvalue weighted by Crippen LogP contribution is -1.86. The Hall–Kier alpha value is -0.870. The smallest absolute Gasteiger partial charge is 0.290 e. The van der Waals surface area contributed by atoms with E-state index in [1.807, 2.05) is 0 Å². The van der Waals surface area contributed by atoms with Crippen LogP contribution in [0.15, 0.2) is 10.6 Å². The van der Waals surface area contributed by atoms with Gasteiger partial charge >= 0.3 is 0 Å². The van der Waals surface area contributed by atoms with Crippen molar-refractivity contribution in [1.29, 1.82) is 0 Å². The summed E-state index contributed by atoms with van der Waals surface area (Å²) in [6, 6.07) is 1.44. The van der Waals surface area contributed by atoms with Gasteiger partial charge in [0.05, 0.1) is 6.61 Å². The van der Waals surface area contributed by atoms with Crippen LogP contribution >= 0.6 is 11.6 Å². The molecule has 0 spiro atoms. The summed E-state index contributed by atoms with van der Waals surface area (Å²) in [5, 5.41) is 2.87. The minimum Gasteiger partial charge on any atom is -0.378 e. The standard InChI is InChI=1S/C6H6ClNO3/c1-10-3-4-2-5(6(7)9)11-8-4/h2H,3H2,1H3. The van der Waals surface area contributed by atoms with Crippen LogP contribution in [0.4, 0.5) is 0 Å². The Balaban J connectivity index is 2.73. The Morgan fingerprint density at radius 3 is 3.09 bits per heavy atom. The molecule has 0 aromatic carbocycles. The molecule has 0 amide bonds. The first-order valence-electron chi connectivity index (χ1n) is 2.88. The monoisotopic (exact) mass is 175 g/mol. The van der Waals surface area contributed by atoms with Crippen LogP contribution in [-0.2, 0) is 11.3 Å². The number of ether oxygens (including phenoxy) is 1. The minimum atomic E-state index is -0.653.